The third-order valence-electron chi connectivity index (χ3n) is 4.37. The number of aryl methyl sites for hydroxylation is 3. The summed E-state index contributed by atoms with van der Waals surface area (Å²) >= 11 is 1.43. The second-order valence-corrected chi connectivity index (χ2v) is 9.83. The Bertz CT molecular complexity index is 1180. The van der Waals surface area contributed by atoms with Crippen LogP contribution in [-0.2, 0) is 14.8 Å². The Morgan fingerprint density at radius 1 is 1.12 bits per heavy atom. The van der Waals surface area contributed by atoms with Crippen LogP contribution in [0.15, 0.2) is 52.5 Å². The molecule has 32 heavy (non-hydrogen) atoms. The largest absolute Gasteiger partial charge is 0.484 e. The summed E-state index contributed by atoms with van der Waals surface area (Å²) in [6.07, 6.45) is 0. The molecule has 1 heterocycles. The highest BCUT2D eigenvalue weighted by Crippen LogP contribution is 2.22. The summed E-state index contributed by atoms with van der Waals surface area (Å²) in [7, 11) is -3.74. The fourth-order valence-electron chi connectivity index (χ4n) is 2.68. The van der Waals surface area contributed by atoms with Crippen LogP contribution < -0.4 is 14.8 Å². The first-order chi connectivity index (χ1) is 15.2. The number of hydrogen-bond donors (Lipinski definition) is 3. The predicted molar refractivity (Wildman–Crippen MR) is 124 cm³/mol. The van der Waals surface area contributed by atoms with Crippen LogP contribution in [0.1, 0.15) is 17.0 Å². The van der Waals surface area contributed by atoms with E-state index in [4.69, 9.17) is 4.74 Å². The molecule has 1 amide bonds. The number of carbonyl (C=O) groups excluding carboxylic acids is 1. The quantitative estimate of drug-likeness (QED) is 0.304. The number of H-pyrrole nitrogens is 1. The number of ether oxygens (including phenoxy) is 1. The van der Waals surface area contributed by atoms with Gasteiger partial charge in [0.15, 0.2) is 6.61 Å². The number of rotatable bonds is 10. The molecule has 2 aromatic carbocycles. The van der Waals surface area contributed by atoms with Crippen molar-refractivity contribution in [1.29, 1.82) is 0 Å². The first-order valence-electron chi connectivity index (χ1n) is 9.84. The van der Waals surface area contributed by atoms with Crippen molar-refractivity contribution < 1.29 is 17.9 Å². The van der Waals surface area contributed by atoms with Gasteiger partial charge in [-0.1, -0.05) is 23.9 Å². The average molecular weight is 476 g/mol. The number of aromatic amines is 1. The lowest BCUT2D eigenvalue weighted by Gasteiger charge is -2.12. The normalized spacial score (nSPS) is 11.2. The molecule has 0 aliphatic carbocycles. The highest BCUT2D eigenvalue weighted by molar-refractivity contribution is 7.99. The van der Waals surface area contributed by atoms with Crippen molar-refractivity contribution in [3.63, 3.8) is 0 Å². The zero-order valence-corrected chi connectivity index (χ0v) is 19.6. The maximum atomic E-state index is 12.7. The van der Waals surface area contributed by atoms with Gasteiger partial charge in [0.05, 0.1) is 10.6 Å². The Kier molecular flexibility index (Phi) is 7.75. The fraction of sp³-hybridized carbons (Fsp3) is 0.286. The summed E-state index contributed by atoms with van der Waals surface area (Å²) < 4.78 is 33.4. The lowest BCUT2D eigenvalue weighted by atomic mass is 10.1. The van der Waals surface area contributed by atoms with Crippen LogP contribution in [0.4, 0.5) is 5.69 Å². The summed E-state index contributed by atoms with van der Waals surface area (Å²) in [6, 6.07) is 11.5. The van der Waals surface area contributed by atoms with Crippen molar-refractivity contribution in [2.75, 3.05) is 23.6 Å². The Balaban J connectivity index is 1.46. The number of nitrogens with one attached hydrogen (secondary N) is 3. The average Bonchev–Trinajstić information content (AvgIpc) is 3.17. The van der Waals surface area contributed by atoms with E-state index in [9.17, 15) is 13.2 Å². The lowest BCUT2D eigenvalue weighted by molar-refractivity contribution is -0.122. The Labute approximate surface area is 191 Å². The minimum absolute atomic E-state index is 0.106. The maximum Gasteiger partial charge on any atom is 0.261 e. The van der Waals surface area contributed by atoms with Gasteiger partial charge in [0, 0.05) is 12.3 Å². The van der Waals surface area contributed by atoms with E-state index < -0.39 is 10.0 Å². The number of carbonyl (C=O) groups is 1. The van der Waals surface area contributed by atoms with Crippen molar-refractivity contribution in [2.24, 2.45) is 0 Å². The summed E-state index contributed by atoms with van der Waals surface area (Å²) in [5.74, 6) is 1.49. The molecule has 0 aliphatic rings. The van der Waals surface area contributed by atoms with Gasteiger partial charge in [-0.05, 0) is 62.2 Å². The van der Waals surface area contributed by atoms with Gasteiger partial charge in [0.25, 0.3) is 15.9 Å². The van der Waals surface area contributed by atoms with E-state index in [1.165, 1.54) is 36.0 Å². The zero-order chi connectivity index (χ0) is 23.1. The second kappa shape index (κ2) is 10.5. The third kappa shape index (κ3) is 6.72. The van der Waals surface area contributed by atoms with Gasteiger partial charge in [-0.3, -0.25) is 14.6 Å². The van der Waals surface area contributed by atoms with E-state index in [0.717, 1.165) is 17.0 Å². The Morgan fingerprint density at radius 3 is 2.56 bits per heavy atom. The van der Waals surface area contributed by atoms with E-state index in [-0.39, 0.29) is 17.4 Å². The van der Waals surface area contributed by atoms with E-state index in [0.29, 0.717) is 28.9 Å². The molecular formula is C21H25N5O4S2. The fourth-order valence-corrected chi connectivity index (χ4v) is 4.50. The minimum atomic E-state index is -3.74. The van der Waals surface area contributed by atoms with E-state index in [1.807, 2.05) is 32.9 Å². The summed E-state index contributed by atoms with van der Waals surface area (Å²) in [6.45, 7) is 5.83. The molecule has 170 valence electrons. The number of hydrogen-bond acceptors (Lipinski definition) is 7. The van der Waals surface area contributed by atoms with E-state index in [1.54, 1.807) is 6.07 Å². The first-order valence-corrected chi connectivity index (χ1v) is 12.3. The molecule has 3 rings (SSSR count). The summed E-state index contributed by atoms with van der Waals surface area (Å²) in [5.41, 5.74) is 2.33. The summed E-state index contributed by atoms with van der Waals surface area (Å²) in [4.78, 5) is 16.2. The third-order valence-corrected chi connectivity index (χ3v) is 6.60. The molecular weight excluding hydrogens is 450 g/mol. The van der Waals surface area contributed by atoms with Crippen LogP contribution in [0, 0.1) is 20.8 Å². The van der Waals surface area contributed by atoms with Crippen molar-refractivity contribution in [3.05, 3.63) is 59.4 Å². The molecule has 11 heteroatoms. The molecule has 0 aliphatic heterocycles. The second-order valence-electron chi connectivity index (χ2n) is 7.09. The molecule has 9 nitrogen and oxygen atoms in total. The van der Waals surface area contributed by atoms with Crippen molar-refractivity contribution in [1.82, 2.24) is 20.5 Å². The van der Waals surface area contributed by atoms with Crippen LogP contribution in [0.3, 0.4) is 0 Å². The van der Waals surface area contributed by atoms with Crippen LogP contribution in [0.25, 0.3) is 0 Å². The molecule has 0 radical (unpaired) electrons. The number of amides is 1. The van der Waals surface area contributed by atoms with Gasteiger partial charge in [-0.25, -0.2) is 13.4 Å². The number of anilines is 1. The lowest BCUT2D eigenvalue weighted by Crippen LogP contribution is -2.30. The van der Waals surface area contributed by atoms with Gasteiger partial charge in [-0.2, -0.15) is 0 Å². The molecule has 1 aromatic heterocycles. The van der Waals surface area contributed by atoms with Crippen molar-refractivity contribution in [3.8, 4) is 5.75 Å². The molecule has 0 bridgehead atoms. The number of sulfonamides is 1. The highest BCUT2D eigenvalue weighted by Gasteiger charge is 2.15. The zero-order valence-electron chi connectivity index (χ0n) is 18.0. The summed E-state index contributed by atoms with van der Waals surface area (Å²) in [5, 5.41) is 10.1. The number of thioether (sulfide) groups is 1. The van der Waals surface area contributed by atoms with Crippen LogP contribution in [0.5, 0.6) is 5.75 Å². The van der Waals surface area contributed by atoms with Gasteiger partial charge >= 0.3 is 0 Å². The Morgan fingerprint density at radius 2 is 1.88 bits per heavy atom. The molecule has 3 aromatic rings. The van der Waals surface area contributed by atoms with E-state index >= 15 is 0 Å². The van der Waals surface area contributed by atoms with Crippen LogP contribution >= 0.6 is 11.8 Å². The molecule has 0 spiro atoms. The number of aromatic nitrogens is 3. The number of nitrogens with zero attached hydrogens (tertiary/aromatic N) is 2. The smallest absolute Gasteiger partial charge is 0.261 e. The SMILES string of the molecule is Cc1ccc(C)c(NS(=O)(=O)c2ccc(OCC(=O)NCCSc3n[nH]c(C)n3)cc2)c1. The van der Waals surface area contributed by atoms with Crippen LogP contribution in [-0.4, -0.2) is 48.4 Å². The Hall–Kier alpha value is -3.05. The molecule has 0 unspecified atom stereocenters. The molecule has 0 atom stereocenters. The van der Waals surface area contributed by atoms with Gasteiger partial charge in [-0.15, -0.1) is 5.10 Å². The van der Waals surface area contributed by atoms with Gasteiger partial charge < -0.3 is 10.1 Å². The first kappa shape index (κ1) is 23.6. The van der Waals surface area contributed by atoms with E-state index in [2.05, 4.69) is 25.2 Å². The highest BCUT2D eigenvalue weighted by atomic mass is 32.2. The molecule has 0 saturated carbocycles. The maximum absolute atomic E-state index is 12.7. The monoisotopic (exact) mass is 475 g/mol. The molecule has 0 fully saturated rings. The van der Waals surface area contributed by atoms with Gasteiger partial charge in [0.1, 0.15) is 11.6 Å². The standard InChI is InChI=1S/C21H25N5O4S2/c1-14-4-5-15(2)19(12-14)26-32(28,29)18-8-6-17(7-9-18)30-13-20(27)22-10-11-31-21-23-16(3)24-25-21/h4-9,12,26H,10-11,13H2,1-3H3,(H,22,27)(H,23,24,25). The molecule has 3 N–H and O–H groups in total. The van der Waals surface area contributed by atoms with Crippen molar-refractivity contribution >= 4 is 33.4 Å². The number of benzene rings is 2. The molecule has 0 saturated heterocycles. The topological polar surface area (TPSA) is 126 Å². The minimum Gasteiger partial charge on any atom is -0.484 e. The van der Waals surface area contributed by atoms with Gasteiger partial charge in [0.2, 0.25) is 5.16 Å². The van der Waals surface area contributed by atoms with Crippen LogP contribution in [0.2, 0.25) is 0 Å². The predicted octanol–water partition coefficient (Wildman–Crippen LogP) is 2.82. The van der Waals surface area contributed by atoms with Crippen molar-refractivity contribution in [2.45, 2.75) is 30.8 Å².